The number of carbonyl (C=O) groups excluding carboxylic acids is 3. The van der Waals surface area contributed by atoms with Gasteiger partial charge in [-0.2, -0.15) is 0 Å². The van der Waals surface area contributed by atoms with Crippen molar-refractivity contribution in [2.24, 2.45) is 5.92 Å². The number of hydrazine groups is 1. The van der Waals surface area contributed by atoms with Gasteiger partial charge >= 0.3 is 0 Å². The summed E-state index contributed by atoms with van der Waals surface area (Å²) in [5.41, 5.74) is 4.66. The zero-order valence-corrected chi connectivity index (χ0v) is 18.7. The molecule has 0 aliphatic rings. The summed E-state index contributed by atoms with van der Waals surface area (Å²) < 4.78 is 24.7. The predicted octanol–water partition coefficient (Wildman–Crippen LogP) is 2.84. The van der Waals surface area contributed by atoms with Crippen molar-refractivity contribution in [1.29, 1.82) is 0 Å². The van der Waals surface area contributed by atoms with Crippen LogP contribution in [0.4, 0.5) is 4.39 Å². The molecule has 32 heavy (non-hydrogen) atoms. The molecule has 0 saturated carbocycles. The maximum atomic E-state index is 13.9. The van der Waals surface area contributed by atoms with Crippen LogP contribution in [-0.2, 0) is 4.79 Å². The highest BCUT2D eigenvalue weighted by Gasteiger charge is 2.26. The standard InChI is InChI=1S/C23H28FN3O5/c1-13(2)20(25-22(29)16-8-6-7-9-17(16)24)23(30)27-26-21(28)15-10-11-18(32-14(3)4)19(12-15)31-5/h6-14,20H,1-5H3,(H,25,29)(H,26,28)(H,27,30)/t20-/m1/s1. The van der Waals surface area contributed by atoms with Crippen LogP contribution in [0.5, 0.6) is 11.5 Å². The predicted molar refractivity (Wildman–Crippen MR) is 117 cm³/mol. The summed E-state index contributed by atoms with van der Waals surface area (Å²) >= 11 is 0. The van der Waals surface area contributed by atoms with E-state index in [4.69, 9.17) is 9.47 Å². The highest BCUT2D eigenvalue weighted by molar-refractivity contribution is 5.99. The van der Waals surface area contributed by atoms with Gasteiger partial charge in [0.15, 0.2) is 11.5 Å². The van der Waals surface area contributed by atoms with Gasteiger partial charge in [0.25, 0.3) is 17.7 Å². The first-order valence-electron chi connectivity index (χ1n) is 10.1. The average molecular weight is 445 g/mol. The second-order valence-electron chi connectivity index (χ2n) is 7.65. The second-order valence-corrected chi connectivity index (χ2v) is 7.65. The Bertz CT molecular complexity index is 978. The second kappa shape index (κ2) is 11.1. The van der Waals surface area contributed by atoms with Crippen molar-refractivity contribution >= 4 is 17.7 Å². The van der Waals surface area contributed by atoms with E-state index in [1.165, 1.54) is 37.4 Å². The van der Waals surface area contributed by atoms with Crippen LogP contribution in [0.3, 0.4) is 0 Å². The molecule has 2 aromatic carbocycles. The van der Waals surface area contributed by atoms with Gasteiger partial charge in [-0.3, -0.25) is 25.2 Å². The molecule has 0 aliphatic heterocycles. The van der Waals surface area contributed by atoms with Crippen LogP contribution in [-0.4, -0.2) is 37.0 Å². The maximum absolute atomic E-state index is 13.9. The summed E-state index contributed by atoms with van der Waals surface area (Å²) in [6, 6.07) is 9.08. The number of methoxy groups -OCH3 is 1. The van der Waals surface area contributed by atoms with Gasteiger partial charge in [0.1, 0.15) is 11.9 Å². The third kappa shape index (κ3) is 6.44. The van der Waals surface area contributed by atoms with Gasteiger partial charge in [0.05, 0.1) is 18.8 Å². The molecule has 0 unspecified atom stereocenters. The average Bonchev–Trinajstić information content (AvgIpc) is 2.75. The van der Waals surface area contributed by atoms with E-state index in [0.29, 0.717) is 11.5 Å². The molecule has 0 bridgehead atoms. The Labute approximate surface area is 186 Å². The number of hydrogen-bond acceptors (Lipinski definition) is 5. The molecule has 172 valence electrons. The normalized spacial score (nSPS) is 11.6. The van der Waals surface area contributed by atoms with E-state index in [2.05, 4.69) is 16.2 Å². The van der Waals surface area contributed by atoms with Crippen LogP contribution >= 0.6 is 0 Å². The van der Waals surface area contributed by atoms with E-state index in [9.17, 15) is 18.8 Å². The highest BCUT2D eigenvalue weighted by atomic mass is 19.1. The van der Waals surface area contributed by atoms with Crippen molar-refractivity contribution < 1.29 is 28.2 Å². The van der Waals surface area contributed by atoms with E-state index in [-0.39, 0.29) is 23.1 Å². The number of hydrogen-bond donors (Lipinski definition) is 3. The molecule has 0 heterocycles. The Morgan fingerprint density at radius 3 is 2.19 bits per heavy atom. The minimum atomic E-state index is -1.00. The van der Waals surface area contributed by atoms with Crippen LogP contribution in [0.2, 0.25) is 0 Å². The molecule has 0 radical (unpaired) electrons. The van der Waals surface area contributed by atoms with Crippen molar-refractivity contribution in [3.63, 3.8) is 0 Å². The lowest BCUT2D eigenvalue weighted by atomic mass is 10.0. The SMILES string of the molecule is COc1cc(C(=O)NNC(=O)[C@H](NC(=O)c2ccccc2F)C(C)C)ccc1OC(C)C. The lowest BCUT2D eigenvalue weighted by molar-refractivity contribution is -0.124. The molecule has 3 N–H and O–H groups in total. The quantitative estimate of drug-likeness (QED) is 0.542. The molecule has 1 atom stereocenters. The van der Waals surface area contributed by atoms with E-state index in [1.807, 2.05) is 13.8 Å². The number of ether oxygens (including phenoxy) is 2. The van der Waals surface area contributed by atoms with Crippen LogP contribution < -0.4 is 25.6 Å². The summed E-state index contributed by atoms with van der Waals surface area (Å²) in [6.07, 6.45) is -0.0737. The zero-order valence-electron chi connectivity index (χ0n) is 18.7. The van der Waals surface area contributed by atoms with Gasteiger partial charge in [-0.1, -0.05) is 26.0 Å². The molecule has 0 aromatic heterocycles. The molecular formula is C23H28FN3O5. The number of halogens is 1. The Morgan fingerprint density at radius 2 is 1.59 bits per heavy atom. The molecule has 3 amide bonds. The van der Waals surface area contributed by atoms with Gasteiger partial charge in [-0.15, -0.1) is 0 Å². The maximum Gasteiger partial charge on any atom is 0.269 e. The summed E-state index contributed by atoms with van der Waals surface area (Å²) in [7, 11) is 1.46. The fraction of sp³-hybridized carbons (Fsp3) is 0.348. The lowest BCUT2D eigenvalue weighted by Crippen LogP contribution is -2.54. The van der Waals surface area contributed by atoms with Crippen molar-refractivity contribution in [3.8, 4) is 11.5 Å². The zero-order chi connectivity index (χ0) is 23.8. The monoisotopic (exact) mass is 445 g/mol. The number of carbonyl (C=O) groups is 3. The largest absolute Gasteiger partial charge is 0.493 e. The third-order valence-corrected chi connectivity index (χ3v) is 4.44. The minimum absolute atomic E-state index is 0.0737. The Morgan fingerprint density at radius 1 is 0.906 bits per heavy atom. The summed E-state index contributed by atoms with van der Waals surface area (Å²) in [5, 5.41) is 2.50. The molecule has 0 fully saturated rings. The molecule has 0 spiro atoms. The summed E-state index contributed by atoms with van der Waals surface area (Å²) in [6.45, 7) is 7.16. The smallest absolute Gasteiger partial charge is 0.269 e. The molecule has 0 saturated heterocycles. The molecule has 0 aliphatic carbocycles. The third-order valence-electron chi connectivity index (χ3n) is 4.44. The van der Waals surface area contributed by atoms with Crippen molar-refractivity contribution in [3.05, 3.63) is 59.4 Å². The Balaban J connectivity index is 2.04. The summed E-state index contributed by atoms with van der Waals surface area (Å²) in [4.78, 5) is 37.4. The van der Waals surface area contributed by atoms with E-state index >= 15 is 0 Å². The highest BCUT2D eigenvalue weighted by Crippen LogP contribution is 2.28. The first kappa shape index (κ1) is 24.6. The summed E-state index contributed by atoms with van der Waals surface area (Å²) in [5.74, 6) is -2.13. The molecule has 2 aromatic rings. The van der Waals surface area contributed by atoms with Crippen molar-refractivity contribution in [2.75, 3.05) is 7.11 Å². The number of benzene rings is 2. The van der Waals surface area contributed by atoms with Gasteiger partial charge in [0.2, 0.25) is 0 Å². The molecule has 2 rings (SSSR count). The number of nitrogens with one attached hydrogen (secondary N) is 3. The van der Waals surface area contributed by atoms with Gasteiger partial charge in [-0.05, 0) is 50.1 Å². The lowest BCUT2D eigenvalue weighted by Gasteiger charge is -2.22. The molecule has 8 nitrogen and oxygen atoms in total. The van der Waals surface area contributed by atoms with Crippen LogP contribution in [0.1, 0.15) is 48.4 Å². The van der Waals surface area contributed by atoms with E-state index in [0.717, 1.165) is 6.07 Å². The minimum Gasteiger partial charge on any atom is -0.493 e. The fourth-order valence-electron chi connectivity index (χ4n) is 2.83. The fourth-order valence-corrected chi connectivity index (χ4v) is 2.83. The number of rotatable bonds is 8. The van der Waals surface area contributed by atoms with Crippen LogP contribution in [0, 0.1) is 11.7 Å². The topological polar surface area (TPSA) is 106 Å². The Kier molecular flexibility index (Phi) is 8.57. The van der Waals surface area contributed by atoms with E-state index < -0.39 is 29.6 Å². The van der Waals surface area contributed by atoms with E-state index in [1.54, 1.807) is 19.9 Å². The molecule has 9 heteroatoms. The van der Waals surface area contributed by atoms with Gasteiger partial charge in [0, 0.05) is 5.56 Å². The van der Waals surface area contributed by atoms with Crippen molar-refractivity contribution in [1.82, 2.24) is 16.2 Å². The first-order chi connectivity index (χ1) is 15.1. The van der Waals surface area contributed by atoms with Crippen molar-refractivity contribution in [2.45, 2.75) is 39.8 Å². The molecular weight excluding hydrogens is 417 g/mol. The number of amides is 3. The van der Waals surface area contributed by atoms with Gasteiger partial charge in [-0.25, -0.2) is 4.39 Å². The van der Waals surface area contributed by atoms with Crippen LogP contribution in [0.25, 0.3) is 0 Å². The van der Waals surface area contributed by atoms with Gasteiger partial charge < -0.3 is 14.8 Å². The Hall–Kier alpha value is -3.62. The van der Waals surface area contributed by atoms with Crippen LogP contribution in [0.15, 0.2) is 42.5 Å². The first-order valence-corrected chi connectivity index (χ1v) is 10.1.